The monoisotopic (exact) mass is 311 g/mol. The van der Waals surface area contributed by atoms with Gasteiger partial charge in [-0.25, -0.2) is 4.98 Å². The van der Waals surface area contributed by atoms with Crippen LogP contribution in [0.4, 0.5) is 13.2 Å². The van der Waals surface area contributed by atoms with Crippen molar-refractivity contribution in [2.45, 2.75) is 6.18 Å². The van der Waals surface area contributed by atoms with Gasteiger partial charge in [-0.3, -0.25) is 0 Å². The van der Waals surface area contributed by atoms with E-state index >= 15 is 0 Å². The molecule has 0 atom stereocenters. The first-order valence-electron chi connectivity index (χ1n) is 5.62. The molecule has 0 fully saturated rings. The molecule has 0 saturated carbocycles. The van der Waals surface area contributed by atoms with Crippen LogP contribution in [-0.4, -0.2) is 17.1 Å². The average Bonchev–Trinajstić information content (AvgIpc) is 2.45. The summed E-state index contributed by atoms with van der Waals surface area (Å²) < 4.78 is 43.2. The van der Waals surface area contributed by atoms with E-state index in [1.165, 1.54) is 31.4 Å². The van der Waals surface area contributed by atoms with Gasteiger partial charge in [0.15, 0.2) is 0 Å². The van der Waals surface area contributed by atoms with Crippen molar-refractivity contribution >= 4 is 12.2 Å². The second-order valence-corrected chi connectivity index (χ2v) is 4.42. The Balaban J connectivity index is 2.70. The second kappa shape index (κ2) is 5.54. The Kier molecular flexibility index (Phi) is 3.95. The first kappa shape index (κ1) is 15.0. The number of halogens is 3. The van der Waals surface area contributed by atoms with Crippen molar-refractivity contribution in [3.05, 3.63) is 40.3 Å². The summed E-state index contributed by atoms with van der Waals surface area (Å²) in [5.41, 5.74) is 0.669. The van der Waals surface area contributed by atoms with Crippen LogP contribution in [0.25, 0.3) is 11.3 Å². The van der Waals surface area contributed by atoms with Gasteiger partial charge in [0.2, 0.25) is 5.82 Å². The van der Waals surface area contributed by atoms with E-state index in [-0.39, 0.29) is 15.9 Å². The van der Waals surface area contributed by atoms with Gasteiger partial charge >= 0.3 is 6.18 Å². The van der Waals surface area contributed by atoms with Crippen LogP contribution in [0.2, 0.25) is 0 Å². The predicted octanol–water partition coefficient (Wildman–Crippen LogP) is 3.71. The summed E-state index contributed by atoms with van der Waals surface area (Å²) in [6.07, 6.45) is -4.65. The first-order chi connectivity index (χ1) is 9.85. The minimum atomic E-state index is -4.65. The van der Waals surface area contributed by atoms with Gasteiger partial charge in [-0.1, -0.05) is 12.2 Å². The van der Waals surface area contributed by atoms with E-state index < -0.39 is 12.0 Å². The number of hydrogen-bond acceptors (Lipinski definition) is 4. The zero-order chi connectivity index (χ0) is 15.6. The quantitative estimate of drug-likeness (QED) is 0.859. The second-order valence-electron chi connectivity index (χ2n) is 4.01. The van der Waals surface area contributed by atoms with Crippen molar-refractivity contribution in [3.8, 4) is 23.1 Å². The van der Waals surface area contributed by atoms with Gasteiger partial charge in [0.25, 0.3) is 0 Å². The number of rotatable bonds is 2. The summed E-state index contributed by atoms with van der Waals surface area (Å²) in [6, 6.07) is 7.61. The molecule has 0 amide bonds. The molecule has 1 aromatic heterocycles. The molecule has 2 aromatic rings. The lowest BCUT2D eigenvalue weighted by Gasteiger charge is -2.12. The maximum Gasteiger partial charge on any atom is 0.449 e. The van der Waals surface area contributed by atoms with E-state index in [2.05, 4.69) is 9.97 Å². The van der Waals surface area contributed by atoms with E-state index in [0.717, 1.165) is 0 Å². The molecule has 1 heterocycles. The molecule has 8 heteroatoms. The molecule has 0 spiro atoms. The molecule has 0 unspecified atom stereocenters. The van der Waals surface area contributed by atoms with Crippen LogP contribution < -0.4 is 4.74 Å². The number of nitriles is 1. The lowest BCUT2D eigenvalue weighted by molar-refractivity contribution is -0.145. The molecule has 21 heavy (non-hydrogen) atoms. The largest absolute Gasteiger partial charge is 0.496 e. The normalized spacial score (nSPS) is 11.0. The Morgan fingerprint density at radius 2 is 2.05 bits per heavy atom. The van der Waals surface area contributed by atoms with Crippen LogP contribution in [0.15, 0.2) is 24.3 Å². The molecular formula is C13H8F3N3OS. The molecule has 1 N–H and O–H groups in total. The standard InChI is InChI=1S/C13H8F3N3OS/c1-20-10-3-2-7(6-17)4-8(10)9-5-11(21)19-12(18-9)13(14,15)16/h2-5H,1H3,(H,18,19,21). The maximum absolute atomic E-state index is 12.8. The lowest BCUT2D eigenvalue weighted by Crippen LogP contribution is -2.11. The van der Waals surface area contributed by atoms with Crippen LogP contribution >= 0.6 is 12.2 Å². The number of aromatic nitrogens is 2. The number of alkyl halides is 3. The number of aromatic amines is 1. The minimum absolute atomic E-state index is 0.0799. The highest BCUT2D eigenvalue weighted by molar-refractivity contribution is 7.71. The molecule has 0 radical (unpaired) electrons. The maximum atomic E-state index is 12.8. The van der Waals surface area contributed by atoms with Crippen LogP contribution in [0.5, 0.6) is 5.75 Å². The average molecular weight is 311 g/mol. The molecule has 0 aliphatic heterocycles. The molecule has 2 rings (SSSR count). The molecule has 0 bridgehead atoms. The Hall–Kier alpha value is -2.40. The molecular weight excluding hydrogens is 303 g/mol. The number of ether oxygens (including phenoxy) is 1. The molecule has 108 valence electrons. The lowest BCUT2D eigenvalue weighted by atomic mass is 10.1. The van der Waals surface area contributed by atoms with Gasteiger partial charge in [-0.2, -0.15) is 18.4 Å². The highest BCUT2D eigenvalue weighted by atomic mass is 32.1. The van der Waals surface area contributed by atoms with Crippen molar-refractivity contribution in [3.63, 3.8) is 0 Å². The summed E-state index contributed by atoms with van der Waals surface area (Å²) in [6.45, 7) is 0. The zero-order valence-electron chi connectivity index (χ0n) is 10.7. The van der Waals surface area contributed by atoms with Gasteiger partial charge in [-0.05, 0) is 24.3 Å². The fourth-order valence-electron chi connectivity index (χ4n) is 1.72. The van der Waals surface area contributed by atoms with Crippen molar-refractivity contribution in [2.75, 3.05) is 7.11 Å². The summed E-state index contributed by atoms with van der Waals surface area (Å²) in [7, 11) is 1.38. The summed E-state index contributed by atoms with van der Waals surface area (Å²) in [5.74, 6) is -0.881. The molecule has 0 aliphatic carbocycles. The van der Waals surface area contributed by atoms with Gasteiger partial charge in [-0.15, -0.1) is 0 Å². The van der Waals surface area contributed by atoms with E-state index in [9.17, 15) is 13.2 Å². The fourth-order valence-corrected chi connectivity index (χ4v) is 1.93. The Bertz CT molecular complexity index is 777. The van der Waals surface area contributed by atoms with Crippen molar-refractivity contribution in [1.82, 2.24) is 9.97 Å². The number of nitrogens with one attached hydrogen (secondary N) is 1. The smallest absolute Gasteiger partial charge is 0.449 e. The Morgan fingerprint density at radius 3 is 2.62 bits per heavy atom. The van der Waals surface area contributed by atoms with Crippen molar-refractivity contribution < 1.29 is 17.9 Å². The first-order valence-corrected chi connectivity index (χ1v) is 6.03. The highest BCUT2D eigenvalue weighted by Crippen LogP contribution is 2.32. The van der Waals surface area contributed by atoms with Crippen molar-refractivity contribution in [1.29, 1.82) is 5.26 Å². The summed E-state index contributed by atoms with van der Waals surface area (Å²) >= 11 is 4.76. The predicted molar refractivity (Wildman–Crippen MR) is 71.1 cm³/mol. The van der Waals surface area contributed by atoms with Crippen LogP contribution in [0.3, 0.4) is 0 Å². The fraction of sp³-hybridized carbons (Fsp3) is 0.154. The van der Waals surface area contributed by atoms with Gasteiger partial charge in [0.1, 0.15) is 10.4 Å². The topological polar surface area (TPSA) is 61.7 Å². The number of methoxy groups -OCH3 is 1. The van der Waals surface area contributed by atoms with E-state index in [1.807, 2.05) is 6.07 Å². The van der Waals surface area contributed by atoms with E-state index in [4.69, 9.17) is 22.2 Å². The van der Waals surface area contributed by atoms with E-state index in [1.54, 1.807) is 0 Å². The van der Waals surface area contributed by atoms with Crippen LogP contribution in [0.1, 0.15) is 11.4 Å². The summed E-state index contributed by atoms with van der Waals surface area (Å²) in [5, 5.41) is 8.90. The summed E-state index contributed by atoms with van der Waals surface area (Å²) in [4.78, 5) is 5.43. The number of benzene rings is 1. The molecule has 0 saturated heterocycles. The highest BCUT2D eigenvalue weighted by Gasteiger charge is 2.34. The van der Waals surface area contributed by atoms with Gasteiger partial charge in [0.05, 0.1) is 24.4 Å². The number of H-pyrrole nitrogens is 1. The molecule has 4 nitrogen and oxygen atoms in total. The van der Waals surface area contributed by atoms with Gasteiger partial charge < -0.3 is 9.72 Å². The zero-order valence-corrected chi connectivity index (χ0v) is 11.5. The SMILES string of the molecule is COc1ccc(C#N)cc1-c1cc(=S)nc(C(F)(F)F)[nH]1. The molecule has 1 aromatic carbocycles. The number of nitrogens with zero attached hydrogens (tertiary/aromatic N) is 2. The van der Waals surface area contributed by atoms with Crippen LogP contribution in [-0.2, 0) is 6.18 Å². The third-order valence-corrected chi connectivity index (χ3v) is 2.84. The number of hydrogen-bond donors (Lipinski definition) is 1. The van der Waals surface area contributed by atoms with E-state index in [0.29, 0.717) is 11.3 Å². The van der Waals surface area contributed by atoms with Crippen molar-refractivity contribution in [2.24, 2.45) is 0 Å². The Labute approximate surface area is 122 Å². The Morgan fingerprint density at radius 1 is 1.33 bits per heavy atom. The minimum Gasteiger partial charge on any atom is -0.496 e. The third-order valence-electron chi connectivity index (χ3n) is 2.63. The third kappa shape index (κ3) is 3.20. The van der Waals surface area contributed by atoms with Gasteiger partial charge in [0, 0.05) is 5.56 Å². The molecule has 0 aliphatic rings. The van der Waals surface area contributed by atoms with Crippen LogP contribution in [0, 0.1) is 16.0 Å².